The molecule has 0 N–H and O–H groups in total. The van der Waals surface area contributed by atoms with Gasteiger partial charge in [-0.15, -0.1) is 0 Å². The smallest absolute Gasteiger partial charge is 0.163 e. The molecule has 1 rings (SSSR count). The third-order valence-corrected chi connectivity index (χ3v) is 2.49. The summed E-state index contributed by atoms with van der Waals surface area (Å²) < 4.78 is 0. The predicted octanol–water partition coefficient (Wildman–Crippen LogP) is 2.90. The van der Waals surface area contributed by atoms with E-state index in [9.17, 15) is 4.79 Å². The highest BCUT2D eigenvalue weighted by Crippen LogP contribution is 2.13. The van der Waals surface area contributed by atoms with Gasteiger partial charge in [-0.2, -0.15) is 0 Å². The minimum Gasteiger partial charge on any atom is -0.383 e. The zero-order chi connectivity index (χ0) is 12.8. The van der Waals surface area contributed by atoms with Crippen LogP contribution in [0.2, 0.25) is 0 Å². The molecule has 0 saturated heterocycles. The lowest BCUT2D eigenvalue weighted by molar-refractivity contribution is -0.118. The van der Waals surface area contributed by atoms with Crippen molar-refractivity contribution in [3.63, 3.8) is 0 Å². The van der Waals surface area contributed by atoms with Gasteiger partial charge >= 0.3 is 0 Å². The van der Waals surface area contributed by atoms with E-state index in [0.29, 0.717) is 6.42 Å². The molecule has 0 bridgehead atoms. The Morgan fingerprint density at radius 2 is 1.82 bits per heavy atom. The fourth-order valence-electron chi connectivity index (χ4n) is 1.69. The molecule has 0 amide bonds. The van der Waals surface area contributed by atoms with Crippen LogP contribution in [0.15, 0.2) is 42.1 Å². The van der Waals surface area contributed by atoms with Crippen LogP contribution in [-0.4, -0.2) is 24.8 Å². The number of rotatable bonds is 5. The number of ketones is 1. The van der Waals surface area contributed by atoms with E-state index in [2.05, 4.69) is 12.1 Å². The Balaban J connectivity index is 2.89. The first-order valence-electron chi connectivity index (χ1n) is 5.96. The molecule has 0 radical (unpaired) electrons. The standard InChI is InChI=1S/C15H21NO/c1-12(2)15(17)14(11-16(3)4)10-13-8-6-5-7-9-13/h5-9,11-12H,10H2,1-4H3. The Hall–Kier alpha value is -1.57. The average Bonchev–Trinajstić information content (AvgIpc) is 2.28. The molecule has 0 aliphatic heterocycles. The van der Waals surface area contributed by atoms with Gasteiger partial charge in [0.05, 0.1) is 0 Å². The topological polar surface area (TPSA) is 20.3 Å². The van der Waals surface area contributed by atoms with Crippen molar-refractivity contribution in [2.75, 3.05) is 14.1 Å². The second kappa shape index (κ2) is 6.24. The van der Waals surface area contributed by atoms with E-state index in [0.717, 1.165) is 5.57 Å². The minimum absolute atomic E-state index is 0.0462. The summed E-state index contributed by atoms with van der Waals surface area (Å²) in [5.41, 5.74) is 2.05. The van der Waals surface area contributed by atoms with E-state index >= 15 is 0 Å². The summed E-state index contributed by atoms with van der Waals surface area (Å²) in [7, 11) is 3.89. The van der Waals surface area contributed by atoms with E-state index < -0.39 is 0 Å². The molecule has 2 heteroatoms. The summed E-state index contributed by atoms with van der Waals surface area (Å²) in [6.45, 7) is 3.88. The average molecular weight is 231 g/mol. The predicted molar refractivity (Wildman–Crippen MR) is 71.8 cm³/mol. The molecular formula is C15H21NO. The Bertz CT molecular complexity index is 391. The fraction of sp³-hybridized carbons (Fsp3) is 0.400. The maximum atomic E-state index is 12.1. The molecular weight excluding hydrogens is 210 g/mol. The molecule has 0 aliphatic carbocycles. The zero-order valence-electron chi connectivity index (χ0n) is 11.1. The molecule has 2 nitrogen and oxygen atoms in total. The lowest BCUT2D eigenvalue weighted by Gasteiger charge is -2.13. The van der Waals surface area contributed by atoms with E-state index in [1.54, 1.807) is 0 Å². The Morgan fingerprint density at radius 3 is 2.29 bits per heavy atom. The summed E-state index contributed by atoms with van der Waals surface area (Å²) in [5.74, 6) is 0.271. The number of benzene rings is 1. The molecule has 0 heterocycles. The van der Waals surface area contributed by atoms with Gasteiger partial charge in [0.15, 0.2) is 5.78 Å². The molecule has 92 valence electrons. The normalized spacial score (nSPS) is 11.7. The first kappa shape index (κ1) is 13.5. The molecule has 1 aromatic carbocycles. The quantitative estimate of drug-likeness (QED) is 0.726. The molecule has 0 spiro atoms. The highest BCUT2D eigenvalue weighted by Gasteiger charge is 2.14. The van der Waals surface area contributed by atoms with E-state index in [4.69, 9.17) is 0 Å². The van der Waals surface area contributed by atoms with Gasteiger partial charge in [-0.1, -0.05) is 44.2 Å². The van der Waals surface area contributed by atoms with Crippen LogP contribution in [0.1, 0.15) is 19.4 Å². The Morgan fingerprint density at radius 1 is 1.24 bits per heavy atom. The summed E-state index contributed by atoms with van der Waals surface area (Å²) in [6.07, 6.45) is 2.63. The zero-order valence-corrected chi connectivity index (χ0v) is 11.1. The van der Waals surface area contributed by atoms with Crippen molar-refractivity contribution < 1.29 is 4.79 Å². The Kier molecular flexibility index (Phi) is 4.95. The number of nitrogens with zero attached hydrogens (tertiary/aromatic N) is 1. The lowest BCUT2D eigenvalue weighted by Crippen LogP contribution is -2.16. The maximum Gasteiger partial charge on any atom is 0.163 e. The highest BCUT2D eigenvalue weighted by atomic mass is 16.1. The number of Topliss-reactive ketones (excluding diaryl/α,β-unsaturated/α-hetero) is 1. The first-order chi connectivity index (χ1) is 8.00. The fourth-order valence-corrected chi connectivity index (χ4v) is 1.69. The van der Waals surface area contributed by atoms with Crippen molar-refractivity contribution in [2.24, 2.45) is 5.92 Å². The molecule has 0 atom stereocenters. The van der Waals surface area contributed by atoms with Gasteiger partial charge in [0.1, 0.15) is 0 Å². The number of carbonyl (C=O) groups excluding carboxylic acids is 1. The molecule has 1 aromatic rings. The lowest BCUT2D eigenvalue weighted by atomic mass is 9.96. The van der Waals surface area contributed by atoms with Crippen molar-refractivity contribution in [2.45, 2.75) is 20.3 Å². The molecule has 0 aromatic heterocycles. The third kappa shape index (κ3) is 4.43. The Labute approximate surface area is 104 Å². The van der Waals surface area contributed by atoms with Crippen molar-refractivity contribution in [3.8, 4) is 0 Å². The van der Waals surface area contributed by atoms with Crippen LogP contribution in [0.3, 0.4) is 0 Å². The van der Waals surface area contributed by atoms with Gasteiger partial charge < -0.3 is 4.90 Å². The van der Waals surface area contributed by atoms with Crippen LogP contribution in [-0.2, 0) is 11.2 Å². The van der Waals surface area contributed by atoms with Crippen molar-refractivity contribution in [3.05, 3.63) is 47.7 Å². The summed E-state index contributed by atoms with van der Waals surface area (Å²) in [5, 5.41) is 0. The molecule has 0 unspecified atom stereocenters. The van der Waals surface area contributed by atoms with Crippen LogP contribution in [0.25, 0.3) is 0 Å². The van der Waals surface area contributed by atoms with E-state index in [1.807, 2.05) is 57.2 Å². The second-order valence-electron chi connectivity index (χ2n) is 4.80. The van der Waals surface area contributed by atoms with Gasteiger partial charge in [0, 0.05) is 38.2 Å². The van der Waals surface area contributed by atoms with Gasteiger partial charge in [0.25, 0.3) is 0 Å². The van der Waals surface area contributed by atoms with Gasteiger partial charge in [0.2, 0.25) is 0 Å². The minimum atomic E-state index is 0.0462. The number of hydrogen-bond donors (Lipinski definition) is 0. The van der Waals surface area contributed by atoms with Crippen LogP contribution < -0.4 is 0 Å². The van der Waals surface area contributed by atoms with Gasteiger partial charge in [-0.05, 0) is 5.56 Å². The molecule has 0 aliphatic rings. The summed E-state index contributed by atoms with van der Waals surface area (Å²) in [4.78, 5) is 14.0. The van der Waals surface area contributed by atoms with E-state index in [1.165, 1.54) is 5.56 Å². The number of allylic oxidation sites excluding steroid dienone is 1. The maximum absolute atomic E-state index is 12.1. The van der Waals surface area contributed by atoms with Crippen LogP contribution in [0.5, 0.6) is 0 Å². The van der Waals surface area contributed by atoms with Gasteiger partial charge in [-0.3, -0.25) is 4.79 Å². The van der Waals surface area contributed by atoms with Crippen LogP contribution in [0, 0.1) is 5.92 Å². The van der Waals surface area contributed by atoms with E-state index in [-0.39, 0.29) is 11.7 Å². The monoisotopic (exact) mass is 231 g/mol. The number of hydrogen-bond acceptors (Lipinski definition) is 2. The van der Waals surface area contributed by atoms with Crippen molar-refractivity contribution in [1.29, 1.82) is 0 Å². The highest BCUT2D eigenvalue weighted by molar-refractivity contribution is 5.96. The van der Waals surface area contributed by atoms with Crippen LogP contribution >= 0.6 is 0 Å². The van der Waals surface area contributed by atoms with Crippen molar-refractivity contribution in [1.82, 2.24) is 4.90 Å². The second-order valence-corrected chi connectivity index (χ2v) is 4.80. The molecule has 17 heavy (non-hydrogen) atoms. The van der Waals surface area contributed by atoms with Crippen LogP contribution in [0.4, 0.5) is 0 Å². The van der Waals surface area contributed by atoms with Crippen molar-refractivity contribution >= 4 is 5.78 Å². The first-order valence-corrected chi connectivity index (χ1v) is 5.96. The molecule has 0 saturated carbocycles. The van der Waals surface area contributed by atoms with Gasteiger partial charge in [-0.25, -0.2) is 0 Å². The summed E-state index contributed by atoms with van der Waals surface area (Å²) in [6, 6.07) is 10.1. The molecule has 0 fully saturated rings. The third-order valence-electron chi connectivity index (χ3n) is 2.49. The largest absolute Gasteiger partial charge is 0.383 e. The SMILES string of the molecule is CC(C)C(=O)C(=CN(C)C)Cc1ccccc1. The summed E-state index contributed by atoms with van der Waals surface area (Å²) >= 11 is 0. The number of carbonyl (C=O) groups is 1.